The molecule has 0 aliphatic heterocycles. The highest BCUT2D eigenvalue weighted by Crippen LogP contribution is 2.13. The van der Waals surface area contributed by atoms with Gasteiger partial charge in [-0.05, 0) is 30.5 Å². The quantitative estimate of drug-likeness (QED) is 0.524. The molecule has 0 fully saturated rings. The van der Waals surface area contributed by atoms with Gasteiger partial charge in [0.1, 0.15) is 18.2 Å². The number of benzene rings is 1. The van der Waals surface area contributed by atoms with Crippen molar-refractivity contribution in [3.8, 4) is 6.07 Å². The first kappa shape index (κ1) is 23.0. The number of unbranched alkanes of at least 4 members (excludes halogenated alkanes) is 2. The molecule has 0 saturated heterocycles. The fourth-order valence-corrected chi connectivity index (χ4v) is 3.14. The fraction of sp³-hybridized carbons (Fsp3) is 0.435. The molecule has 2 rings (SSSR count). The van der Waals surface area contributed by atoms with Crippen molar-refractivity contribution in [2.45, 2.75) is 64.5 Å². The second kappa shape index (κ2) is 12.3. The van der Waals surface area contributed by atoms with E-state index in [4.69, 9.17) is 5.26 Å². The number of carbonyl (C=O) groups excluding carboxylic acids is 3. The number of fused-ring (bicyclic) bond motifs is 1. The van der Waals surface area contributed by atoms with Crippen molar-refractivity contribution in [3.05, 3.63) is 42.1 Å². The highest BCUT2D eigenvalue weighted by atomic mass is 16.2. The normalized spacial score (nSPS) is 11.5. The molecule has 2 N–H and O–H groups in total. The minimum atomic E-state index is -0.707. The molecule has 0 radical (unpaired) electrons. The van der Waals surface area contributed by atoms with E-state index in [1.165, 1.54) is 0 Å². The molecule has 7 nitrogen and oxygen atoms in total. The van der Waals surface area contributed by atoms with Gasteiger partial charge in [0, 0.05) is 31.0 Å². The van der Waals surface area contributed by atoms with E-state index in [0.717, 1.165) is 29.3 Å². The summed E-state index contributed by atoms with van der Waals surface area (Å²) < 4.78 is 0. The lowest BCUT2D eigenvalue weighted by molar-refractivity contribution is -0.128. The number of hydrogen-bond donors (Lipinski definition) is 2. The zero-order chi connectivity index (χ0) is 21.8. The molecular formula is C23H28N4O3. The Morgan fingerprint density at radius 1 is 1.17 bits per heavy atom. The van der Waals surface area contributed by atoms with Crippen LogP contribution in [-0.2, 0) is 20.9 Å². The number of ketones is 1. The van der Waals surface area contributed by atoms with Crippen LogP contribution in [0.25, 0.3) is 10.9 Å². The molecule has 0 unspecified atom stereocenters. The number of pyridine rings is 1. The molecule has 0 aliphatic rings. The minimum absolute atomic E-state index is 0.232. The van der Waals surface area contributed by atoms with E-state index in [2.05, 4.69) is 15.6 Å². The predicted molar refractivity (Wildman–Crippen MR) is 114 cm³/mol. The number of carbonyl (C=O) groups is 3. The van der Waals surface area contributed by atoms with Gasteiger partial charge in [-0.1, -0.05) is 38.0 Å². The maximum atomic E-state index is 12.7. The van der Waals surface area contributed by atoms with Gasteiger partial charge in [-0.25, -0.2) is 0 Å². The number of amides is 2. The zero-order valence-corrected chi connectivity index (χ0v) is 17.3. The summed E-state index contributed by atoms with van der Waals surface area (Å²) in [6.07, 6.45) is 5.26. The van der Waals surface area contributed by atoms with Crippen LogP contribution < -0.4 is 10.6 Å². The maximum Gasteiger partial charge on any atom is 0.242 e. The van der Waals surface area contributed by atoms with Gasteiger partial charge in [-0.3, -0.25) is 19.4 Å². The predicted octanol–water partition coefficient (Wildman–Crippen LogP) is 3.18. The van der Waals surface area contributed by atoms with E-state index < -0.39 is 11.9 Å². The monoisotopic (exact) mass is 408 g/mol. The Balaban J connectivity index is 1.90. The summed E-state index contributed by atoms with van der Waals surface area (Å²) >= 11 is 0. The van der Waals surface area contributed by atoms with Crippen molar-refractivity contribution in [2.24, 2.45) is 0 Å². The summed E-state index contributed by atoms with van der Waals surface area (Å²) in [5.74, 6) is -0.527. The molecule has 1 aromatic carbocycles. The van der Waals surface area contributed by atoms with Crippen LogP contribution in [0.2, 0.25) is 0 Å². The number of aromatic nitrogens is 1. The summed E-state index contributed by atoms with van der Waals surface area (Å²) in [6.45, 7) is 2.14. The van der Waals surface area contributed by atoms with E-state index in [-0.39, 0.29) is 18.1 Å². The maximum absolute atomic E-state index is 12.7. The largest absolute Gasteiger partial charge is 0.350 e. The fourth-order valence-electron chi connectivity index (χ4n) is 3.14. The lowest BCUT2D eigenvalue weighted by Crippen LogP contribution is -2.46. The molecule has 0 spiro atoms. The molecule has 30 heavy (non-hydrogen) atoms. The van der Waals surface area contributed by atoms with E-state index in [1.807, 2.05) is 37.3 Å². The molecule has 1 heterocycles. The van der Waals surface area contributed by atoms with E-state index in [9.17, 15) is 14.4 Å². The van der Waals surface area contributed by atoms with Crippen LogP contribution >= 0.6 is 0 Å². The number of hydrogen-bond acceptors (Lipinski definition) is 5. The van der Waals surface area contributed by atoms with Gasteiger partial charge >= 0.3 is 0 Å². The van der Waals surface area contributed by atoms with Gasteiger partial charge in [0.05, 0.1) is 11.6 Å². The van der Waals surface area contributed by atoms with E-state index in [1.54, 1.807) is 12.3 Å². The lowest BCUT2D eigenvalue weighted by atomic mass is 10.0. The van der Waals surface area contributed by atoms with Crippen LogP contribution in [0.5, 0.6) is 0 Å². The molecule has 0 saturated carbocycles. The Morgan fingerprint density at radius 3 is 2.73 bits per heavy atom. The summed E-state index contributed by atoms with van der Waals surface area (Å²) in [5.41, 5.74) is 1.75. The molecule has 7 heteroatoms. The van der Waals surface area contributed by atoms with Gasteiger partial charge in [0.25, 0.3) is 0 Å². The zero-order valence-electron chi connectivity index (χ0n) is 17.3. The molecule has 2 aromatic rings. The highest BCUT2D eigenvalue weighted by molar-refractivity contribution is 5.88. The first-order valence-corrected chi connectivity index (χ1v) is 10.3. The Kier molecular flexibility index (Phi) is 9.46. The van der Waals surface area contributed by atoms with Gasteiger partial charge in [-0.2, -0.15) is 5.26 Å². The molecule has 1 atom stereocenters. The van der Waals surface area contributed by atoms with Crippen LogP contribution in [0.4, 0.5) is 0 Å². The molecule has 2 amide bonds. The minimum Gasteiger partial charge on any atom is -0.350 e. The molecule has 0 bridgehead atoms. The van der Waals surface area contributed by atoms with Crippen molar-refractivity contribution < 1.29 is 14.4 Å². The average molecular weight is 409 g/mol. The van der Waals surface area contributed by atoms with Crippen molar-refractivity contribution in [1.82, 2.24) is 15.6 Å². The van der Waals surface area contributed by atoms with Crippen LogP contribution in [0.15, 0.2) is 36.5 Å². The standard InChI is InChI=1S/C23H28N4O3/c1-2-19(28)9-4-3-5-11-21(27-22(29)12-13-24)23(30)26-16-17-14-18-8-6-7-10-20(18)25-15-17/h6-8,10,14-15,21H,2-5,9,11-12,16H2,1H3,(H,26,30)(H,27,29)/t21-/m0/s1. The van der Waals surface area contributed by atoms with Crippen LogP contribution in [0.3, 0.4) is 0 Å². The highest BCUT2D eigenvalue weighted by Gasteiger charge is 2.20. The second-order valence-corrected chi connectivity index (χ2v) is 7.20. The first-order valence-electron chi connectivity index (χ1n) is 10.3. The third-order valence-corrected chi connectivity index (χ3v) is 4.85. The molecule has 1 aromatic heterocycles. The number of Topliss-reactive ketones (excluding diaryl/α,β-unsaturated/α-hetero) is 1. The van der Waals surface area contributed by atoms with Gasteiger partial charge < -0.3 is 10.6 Å². The smallest absolute Gasteiger partial charge is 0.242 e. The van der Waals surface area contributed by atoms with Crippen LogP contribution in [0.1, 0.15) is 57.4 Å². The average Bonchev–Trinajstić information content (AvgIpc) is 2.76. The Hall–Kier alpha value is -3.27. The SMILES string of the molecule is CCC(=O)CCCCC[C@H](NC(=O)CC#N)C(=O)NCc1cnc2ccccc2c1. The second-order valence-electron chi connectivity index (χ2n) is 7.20. The lowest BCUT2D eigenvalue weighted by Gasteiger charge is -2.18. The van der Waals surface area contributed by atoms with Crippen LogP contribution in [-0.4, -0.2) is 28.6 Å². The molecule has 0 aliphatic carbocycles. The Bertz CT molecular complexity index is 920. The topological polar surface area (TPSA) is 112 Å². The summed E-state index contributed by atoms with van der Waals surface area (Å²) in [7, 11) is 0. The summed E-state index contributed by atoms with van der Waals surface area (Å²) in [4.78, 5) is 40.2. The van der Waals surface area contributed by atoms with Crippen molar-refractivity contribution in [2.75, 3.05) is 0 Å². The Morgan fingerprint density at radius 2 is 1.97 bits per heavy atom. The number of nitriles is 1. The summed E-state index contributed by atoms with van der Waals surface area (Å²) in [6, 6.07) is 10.8. The number of para-hydroxylation sites is 1. The third kappa shape index (κ3) is 7.63. The molecule has 158 valence electrons. The van der Waals surface area contributed by atoms with Gasteiger partial charge in [-0.15, -0.1) is 0 Å². The number of rotatable bonds is 12. The van der Waals surface area contributed by atoms with Gasteiger partial charge in [0.15, 0.2) is 0 Å². The van der Waals surface area contributed by atoms with Crippen molar-refractivity contribution in [3.63, 3.8) is 0 Å². The van der Waals surface area contributed by atoms with Gasteiger partial charge in [0.2, 0.25) is 11.8 Å². The first-order chi connectivity index (χ1) is 14.5. The van der Waals surface area contributed by atoms with Crippen LogP contribution in [0, 0.1) is 11.3 Å². The summed E-state index contributed by atoms with van der Waals surface area (Å²) in [5, 5.41) is 15.2. The van der Waals surface area contributed by atoms with E-state index >= 15 is 0 Å². The van der Waals surface area contributed by atoms with Crippen molar-refractivity contribution >= 4 is 28.5 Å². The third-order valence-electron chi connectivity index (χ3n) is 4.85. The van der Waals surface area contributed by atoms with E-state index in [0.29, 0.717) is 32.2 Å². The van der Waals surface area contributed by atoms with Crippen molar-refractivity contribution in [1.29, 1.82) is 5.26 Å². The Labute approximate surface area is 176 Å². The number of nitrogens with one attached hydrogen (secondary N) is 2. The number of nitrogens with zero attached hydrogens (tertiary/aromatic N) is 2. The molecular weight excluding hydrogens is 380 g/mol.